The van der Waals surface area contributed by atoms with E-state index in [0.717, 1.165) is 24.9 Å². The Balaban J connectivity index is 1.90. The van der Waals surface area contributed by atoms with E-state index in [1.54, 1.807) is 0 Å². The quantitative estimate of drug-likeness (QED) is 0.810. The third kappa shape index (κ3) is 4.04. The summed E-state index contributed by atoms with van der Waals surface area (Å²) < 4.78 is 0. The van der Waals surface area contributed by atoms with Gasteiger partial charge in [0.05, 0.1) is 6.04 Å². The minimum atomic E-state index is -0.109. The first-order valence-corrected chi connectivity index (χ1v) is 6.88. The molecular formula is C15H23N3O. The summed E-state index contributed by atoms with van der Waals surface area (Å²) in [5, 5.41) is 3.04. The van der Waals surface area contributed by atoms with Crippen molar-refractivity contribution in [1.82, 2.24) is 10.2 Å². The zero-order valence-electron chi connectivity index (χ0n) is 11.7. The summed E-state index contributed by atoms with van der Waals surface area (Å²) >= 11 is 0. The van der Waals surface area contributed by atoms with Crippen molar-refractivity contribution in [3.63, 3.8) is 0 Å². The van der Waals surface area contributed by atoms with E-state index in [0.29, 0.717) is 12.6 Å². The van der Waals surface area contributed by atoms with E-state index in [-0.39, 0.29) is 11.9 Å². The van der Waals surface area contributed by atoms with Crippen molar-refractivity contribution < 1.29 is 4.79 Å². The number of benzene rings is 1. The molecule has 1 aromatic rings. The monoisotopic (exact) mass is 261 g/mol. The highest BCUT2D eigenvalue weighted by molar-refractivity contribution is 5.81. The molecule has 1 amide bonds. The highest BCUT2D eigenvalue weighted by atomic mass is 16.2. The molecule has 1 saturated carbocycles. The average Bonchev–Trinajstić information content (AvgIpc) is 3.21. The number of hydrogen-bond donors (Lipinski definition) is 2. The first kappa shape index (κ1) is 14.0. The van der Waals surface area contributed by atoms with Gasteiger partial charge in [-0.15, -0.1) is 0 Å². The Kier molecular flexibility index (Phi) is 4.56. The summed E-state index contributed by atoms with van der Waals surface area (Å²) in [5.74, 6) is 0.125. The summed E-state index contributed by atoms with van der Waals surface area (Å²) in [5.41, 5.74) is 7.96. The van der Waals surface area contributed by atoms with E-state index in [1.807, 2.05) is 26.1 Å². The molecule has 1 fully saturated rings. The second-order valence-corrected chi connectivity index (χ2v) is 5.40. The Morgan fingerprint density at radius 2 is 2.16 bits per heavy atom. The normalized spacial score (nSPS) is 16.4. The minimum absolute atomic E-state index is 0.109. The van der Waals surface area contributed by atoms with Gasteiger partial charge in [0.15, 0.2) is 0 Å². The largest absolute Gasteiger partial charge is 0.352 e. The Labute approximate surface area is 115 Å². The first-order chi connectivity index (χ1) is 9.10. The van der Waals surface area contributed by atoms with Crippen LogP contribution in [0.5, 0.6) is 0 Å². The number of carbonyl (C=O) groups excluding carboxylic acids is 1. The molecule has 1 unspecified atom stereocenters. The predicted octanol–water partition coefficient (Wildman–Crippen LogP) is 1.24. The average molecular weight is 261 g/mol. The van der Waals surface area contributed by atoms with Crippen molar-refractivity contribution in [2.75, 3.05) is 7.05 Å². The molecule has 0 heterocycles. The molecule has 0 bridgehead atoms. The summed E-state index contributed by atoms with van der Waals surface area (Å²) in [6.45, 7) is 3.26. The van der Waals surface area contributed by atoms with Gasteiger partial charge < -0.3 is 11.1 Å². The van der Waals surface area contributed by atoms with Crippen LogP contribution in [0.1, 0.15) is 30.9 Å². The fraction of sp³-hybridized carbons (Fsp3) is 0.533. The maximum absolute atomic E-state index is 12.0. The number of nitrogens with zero attached hydrogens (tertiary/aromatic N) is 1. The van der Waals surface area contributed by atoms with E-state index >= 15 is 0 Å². The van der Waals surface area contributed by atoms with Crippen molar-refractivity contribution in [1.29, 1.82) is 0 Å². The van der Waals surface area contributed by atoms with Gasteiger partial charge in [-0.2, -0.15) is 0 Å². The Morgan fingerprint density at radius 3 is 2.79 bits per heavy atom. The second kappa shape index (κ2) is 6.17. The van der Waals surface area contributed by atoms with Crippen LogP contribution >= 0.6 is 0 Å². The summed E-state index contributed by atoms with van der Waals surface area (Å²) in [4.78, 5) is 14.0. The van der Waals surface area contributed by atoms with Crippen LogP contribution in [-0.4, -0.2) is 29.9 Å². The molecule has 0 aromatic heterocycles. The molecule has 4 nitrogen and oxygen atoms in total. The van der Waals surface area contributed by atoms with Gasteiger partial charge in [0.1, 0.15) is 0 Å². The Hall–Kier alpha value is -1.39. The molecule has 1 atom stereocenters. The van der Waals surface area contributed by atoms with Crippen LogP contribution in [0, 0.1) is 0 Å². The number of hydrogen-bond acceptors (Lipinski definition) is 3. The molecule has 1 aromatic carbocycles. The van der Waals surface area contributed by atoms with Gasteiger partial charge >= 0.3 is 0 Å². The molecule has 4 heteroatoms. The van der Waals surface area contributed by atoms with Crippen LogP contribution in [0.2, 0.25) is 0 Å². The van der Waals surface area contributed by atoms with Crippen LogP contribution in [0.15, 0.2) is 24.3 Å². The smallest absolute Gasteiger partial charge is 0.237 e. The molecule has 0 saturated heterocycles. The predicted molar refractivity (Wildman–Crippen MR) is 76.4 cm³/mol. The van der Waals surface area contributed by atoms with E-state index in [2.05, 4.69) is 22.3 Å². The SMILES string of the molecule is CC(C(=O)NC1CC1)N(C)Cc1cccc(CN)c1. The first-order valence-electron chi connectivity index (χ1n) is 6.88. The standard InChI is InChI=1S/C15H23N3O/c1-11(15(19)17-14-6-7-14)18(2)10-13-5-3-4-12(8-13)9-16/h3-5,8,11,14H,6-7,9-10,16H2,1-2H3,(H,17,19). The molecule has 1 aliphatic carbocycles. The van der Waals surface area contributed by atoms with Crippen molar-refractivity contribution in [3.05, 3.63) is 35.4 Å². The molecule has 0 radical (unpaired) electrons. The fourth-order valence-electron chi connectivity index (χ4n) is 2.03. The maximum atomic E-state index is 12.0. The van der Waals surface area contributed by atoms with Crippen molar-refractivity contribution in [3.8, 4) is 0 Å². The number of nitrogens with one attached hydrogen (secondary N) is 1. The third-order valence-electron chi connectivity index (χ3n) is 3.62. The number of carbonyl (C=O) groups is 1. The number of rotatable bonds is 6. The summed E-state index contributed by atoms with van der Waals surface area (Å²) in [6.07, 6.45) is 2.25. The molecule has 3 N–H and O–H groups in total. The van der Waals surface area contributed by atoms with Gasteiger partial charge in [0.2, 0.25) is 5.91 Å². The zero-order chi connectivity index (χ0) is 13.8. The molecule has 104 valence electrons. The molecule has 0 spiro atoms. The Bertz CT molecular complexity index is 443. The van der Waals surface area contributed by atoms with Gasteiger partial charge in [-0.05, 0) is 37.9 Å². The van der Waals surface area contributed by atoms with Gasteiger partial charge in [0, 0.05) is 19.1 Å². The molecule has 19 heavy (non-hydrogen) atoms. The van der Waals surface area contributed by atoms with Gasteiger partial charge in [-0.25, -0.2) is 0 Å². The topological polar surface area (TPSA) is 58.4 Å². The van der Waals surface area contributed by atoms with Crippen LogP contribution in [0.4, 0.5) is 0 Å². The number of amides is 1. The minimum Gasteiger partial charge on any atom is -0.352 e. The van der Waals surface area contributed by atoms with E-state index < -0.39 is 0 Å². The lowest BCUT2D eigenvalue weighted by Gasteiger charge is -2.24. The fourth-order valence-corrected chi connectivity index (χ4v) is 2.03. The van der Waals surface area contributed by atoms with E-state index in [4.69, 9.17) is 5.73 Å². The summed E-state index contributed by atoms with van der Waals surface area (Å²) in [6, 6.07) is 8.52. The van der Waals surface area contributed by atoms with Gasteiger partial charge in [-0.3, -0.25) is 9.69 Å². The lowest BCUT2D eigenvalue weighted by molar-refractivity contribution is -0.125. The van der Waals surface area contributed by atoms with Crippen LogP contribution in [0.3, 0.4) is 0 Å². The van der Waals surface area contributed by atoms with Crippen LogP contribution in [0.25, 0.3) is 0 Å². The summed E-state index contributed by atoms with van der Waals surface area (Å²) in [7, 11) is 1.98. The highest BCUT2D eigenvalue weighted by Crippen LogP contribution is 2.19. The third-order valence-corrected chi connectivity index (χ3v) is 3.62. The van der Waals surface area contributed by atoms with Gasteiger partial charge in [0.25, 0.3) is 0 Å². The van der Waals surface area contributed by atoms with Crippen LogP contribution in [-0.2, 0) is 17.9 Å². The number of nitrogens with two attached hydrogens (primary N) is 1. The van der Waals surface area contributed by atoms with Crippen molar-refractivity contribution in [2.45, 2.75) is 44.9 Å². The van der Waals surface area contributed by atoms with Crippen molar-refractivity contribution in [2.24, 2.45) is 5.73 Å². The zero-order valence-corrected chi connectivity index (χ0v) is 11.7. The second-order valence-electron chi connectivity index (χ2n) is 5.40. The lowest BCUT2D eigenvalue weighted by atomic mass is 10.1. The number of likely N-dealkylation sites (N-methyl/N-ethyl adjacent to an activating group) is 1. The van der Waals surface area contributed by atoms with Crippen LogP contribution < -0.4 is 11.1 Å². The molecule has 1 aliphatic rings. The van der Waals surface area contributed by atoms with Crippen molar-refractivity contribution >= 4 is 5.91 Å². The molecule has 2 rings (SSSR count). The molecule has 0 aliphatic heterocycles. The highest BCUT2D eigenvalue weighted by Gasteiger charge is 2.27. The Morgan fingerprint density at radius 1 is 1.47 bits per heavy atom. The van der Waals surface area contributed by atoms with Gasteiger partial charge in [-0.1, -0.05) is 24.3 Å². The lowest BCUT2D eigenvalue weighted by Crippen LogP contribution is -2.43. The van der Waals surface area contributed by atoms with E-state index in [1.165, 1.54) is 5.56 Å². The van der Waals surface area contributed by atoms with E-state index in [9.17, 15) is 4.79 Å². The molecular weight excluding hydrogens is 238 g/mol. The maximum Gasteiger partial charge on any atom is 0.237 e.